The molecular weight excluding hydrogens is 374 g/mol. The maximum absolute atomic E-state index is 11.3. The molecule has 1 fully saturated rings. The number of rotatable bonds is 7. The SMILES string of the molecule is NC(=O)c1cccc(COc2cnc3nc(NCC4CCCCC4)sc3n2)c1. The molecule has 146 valence electrons. The Balaban J connectivity index is 1.38. The van der Waals surface area contributed by atoms with Crippen molar-refractivity contribution in [2.45, 2.75) is 38.7 Å². The zero-order chi connectivity index (χ0) is 19.3. The van der Waals surface area contributed by atoms with Crippen LogP contribution in [0.15, 0.2) is 30.5 Å². The van der Waals surface area contributed by atoms with Crippen LogP contribution in [0.25, 0.3) is 10.5 Å². The first-order valence-corrected chi connectivity index (χ1v) is 10.4. The van der Waals surface area contributed by atoms with Crippen molar-refractivity contribution in [3.05, 3.63) is 41.6 Å². The summed E-state index contributed by atoms with van der Waals surface area (Å²) >= 11 is 1.49. The molecule has 3 N–H and O–H groups in total. The lowest BCUT2D eigenvalue weighted by atomic mass is 9.89. The molecule has 0 atom stereocenters. The highest BCUT2D eigenvalue weighted by atomic mass is 32.1. The average molecular weight is 398 g/mol. The Morgan fingerprint density at radius 3 is 2.93 bits per heavy atom. The topological polar surface area (TPSA) is 103 Å². The van der Waals surface area contributed by atoms with Crippen LogP contribution in [0.1, 0.15) is 48.0 Å². The Labute approximate surface area is 167 Å². The van der Waals surface area contributed by atoms with Gasteiger partial charge < -0.3 is 15.8 Å². The number of nitrogens with two attached hydrogens (primary N) is 1. The monoisotopic (exact) mass is 397 g/mol. The minimum Gasteiger partial charge on any atom is -0.472 e. The summed E-state index contributed by atoms with van der Waals surface area (Å²) in [5, 5.41) is 4.29. The predicted molar refractivity (Wildman–Crippen MR) is 110 cm³/mol. The summed E-state index contributed by atoms with van der Waals surface area (Å²) in [5.74, 6) is 0.706. The van der Waals surface area contributed by atoms with Crippen molar-refractivity contribution in [3.63, 3.8) is 0 Å². The van der Waals surface area contributed by atoms with E-state index in [2.05, 4.69) is 20.3 Å². The number of nitrogens with one attached hydrogen (secondary N) is 1. The van der Waals surface area contributed by atoms with Gasteiger partial charge in [-0.3, -0.25) is 4.79 Å². The first-order valence-electron chi connectivity index (χ1n) is 9.56. The maximum Gasteiger partial charge on any atom is 0.248 e. The van der Waals surface area contributed by atoms with Crippen LogP contribution in [0.4, 0.5) is 5.13 Å². The van der Waals surface area contributed by atoms with E-state index in [4.69, 9.17) is 10.5 Å². The van der Waals surface area contributed by atoms with Gasteiger partial charge >= 0.3 is 0 Å². The second kappa shape index (κ2) is 8.52. The molecule has 0 radical (unpaired) electrons. The lowest BCUT2D eigenvalue weighted by Crippen LogP contribution is -2.16. The zero-order valence-electron chi connectivity index (χ0n) is 15.6. The number of amides is 1. The molecule has 28 heavy (non-hydrogen) atoms. The van der Waals surface area contributed by atoms with Crippen LogP contribution in [0.5, 0.6) is 5.88 Å². The molecule has 2 aromatic heterocycles. The molecule has 2 heterocycles. The minimum absolute atomic E-state index is 0.285. The second-order valence-electron chi connectivity index (χ2n) is 7.09. The highest BCUT2D eigenvalue weighted by molar-refractivity contribution is 7.21. The number of benzene rings is 1. The van der Waals surface area contributed by atoms with E-state index >= 15 is 0 Å². The smallest absolute Gasteiger partial charge is 0.248 e. The Hall–Kier alpha value is -2.74. The van der Waals surface area contributed by atoms with Gasteiger partial charge in [-0.05, 0) is 36.5 Å². The van der Waals surface area contributed by atoms with E-state index in [0.29, 0.717) is 17.1 Å². The fourth-order valence-corrected chi connectivity index (χ4v) is 4.24. The molecule has 1 aliphatic carbocycles. The molecule has 0 spiro atoms. The molecule has 7 nitrogen and oxygen atoms in total. The zero-order valence-corrected chi connectivity index (χ0v) is 16.4. The van der Waals surface area contributed by atoms with E-state index in [1.54, 1.807) is 24.4 Å². The number of primary amides is 1. The number of aromatic nitrogens is 3. The molecule has 1 aromatic carbocycles. The normalized spacial score (nSPS) is 14.9. The number of hydrogen-bond donors (Lipinski definition) is 2. The maximum atomic E-state index is 11.3. The van der Waals surface area contributed by atoms with Gasteiger partial charge in [-0.2, -0.15) is 9.97 Å². The van der Waals surface area contributed by atoms with E-state index in [9.17, 15) is 4.79 Å². The van der Waals surface area contributed by atoms with Gasteiger partial charge in [0.15, 0.2) is 15.6 Å². The van der Waals surface area contributed by atoms with Crippen molar-refractivity contribution in [3.8, 4) is 5.88 Å². The third-order valence-electron chi connectivity index (χ3n) is 4.97. The number of carbonyl (C=O) groups excluding carboxylic acids is 1. The van der Waals surface area contributed by atoms with Crippen LogP contribution in [0.2, 0.25) is 0 Å². The number of ether oxygens (including phenoxy) is 1. The molecule has 0 bridgehead atoms. The fourth-order valence-electron chi connectivity index (χ4n) is 3.45. The van der Waals surface area contributed by atoms with Crippen LogP contribution in [-0.4, -0.2) is 27.4 Å². The van der Waals surface area contributed by atoms with Crippen molar-refractivity contribution in [2.75, 3.05) is 11.9 Å². The van der Waals surface area contributed by atoms with E-state index in [-0.39, 0.29) is 6.61 Å². The first-order chi connectivity index (χ1) is 13.7. The molecule has 0 aliphatic heterocycles. The molecule has 4 rings (SSSR count). The van der Waals surface area contributed by atoms with Crippen molar-refractivity contribution in [1.29, 1.82) is 0 Å². The second-order valence-corrected chi connectivity index (χ2v) is 8.07. The number of fused-ring (bicyclic) bond motifs is 1. The van der Waals surface area contributed by atoms with E-state index < -0.39 is 5.91 Å². The number of nitrogens with zero attached hydrogens (tertiary/aromatic N) is 3. The molecule has 0 unspecified atom stereocenters. The van der Waals surface area contributed by atoms with Crippen LogP contribution in [0.3, 0.4) is 0 Å². The van der Waals surface area contributed by atoms with E-state index in [0.717, 1.165) is 28.0 Å². The van der Waals surface area contributed by atoms with Gasteiger partial charge in [-0.1, -0.05) is 42.7 Å². The fraction of sp³-hybridized carbons (Fsp3) is 0.400. The average Bonchev–Trinajstić information content (AvgIpc) is 3.14. The lowest BCUT2D eigenvalue weighted by Gasteiger charge is -2.21. The molecule has 0 saturated heterocycles. The Morgan fingerprint density at radius 2 is 2.11 bits per heavy atom. The van der Waals surface area contributed by atoms with Gasteiger partial charge in [-0.25, -0.2) is 4.98 Å². The highest BCUT2D eigenvalue weighted by Crippen LogP contribution is 2.27. The standard InChI is InChI=1S/C20H23N5O2S/c21-17(26)15-8-4-7-14(9-15)12-27-16-11-22-18-19(24-16)28-20(25-18)23-10-13-5-2-1-3-6-13/h4,7-9,11,13H,1-3,5-6,10,12H2,(H2,21,26)(H,22,23,25). The van der Waals surface area contributed by atoms with Crippen LogP contribution < -0.4 is 15.8 Å². The van der Waals surface area contributed by atoms with Gasteiger partial charge in [0, 0.05) is 12.1 Å². The minimum atomic E-state index is -0.457. The van der Waals surface area contributed by atoms with E-state index in [1.807, 2.05) is 6.07 Å². The number of carbonyl (C=O) groups is 1. The Morgan fingerprint density at radius 1 is 1.25 bits per heavy atom. The summed E-state index contributed by atoms with van der Waals surface area (Å²) in [5.41, 5.74) is 7.24. The molecule has 1 saturated carbocycles. The van der Waals surface area contributed by atoms with Gasteiger partial charge in [0.2, 0.25) is 11.8 Å². The van der Waals surface area contributed by atoms with Crippen molar-refractivity contribution < 1.29 is 9.53 Å². The summed E-state index contributed by atoms with van der Waals surface area (Å²) in [6.07, 6.45) is 8.19. The van der Waals surface area contributed by atoms with Gasteiger partial charge in [0.25, 0.3) is 0 Å². The lowest BCUT2D eigenvalue weighted by molar-refractivity contribution is 0.1000. The van der Waals surface area contributed by atoms with Crippen LogP contribution >= 0.6 is 11.3 Å². The number of anilines is 1. The Kier molecular flexibility index (Phi) is 5.66. The number of hydrogen-bond acceptors (Lipinski definition) is 7. The summed E-state index contributed by atoms with van der Waals surface area (Å²) in [6.45, 7) is 1.24. The molecule has 3 aromatic rings. The summed E-state index contributed by atoms with van der Waals surface area (Å²) in [4.78, 5) is 25.4. The van der Waals surface area contributed by atoms with Gasteiger partial charge in [0.1, 0.15) is 6.61 Å². The molecule has 1 amide bonds. The molecule has 1 aliphatic rings. The molecular formula is C20H23N5O2S. The van der Waals surface area contributed by atoms with Crippen LogP contribution in [-0.2, 0) is 6.61 Å². The first kappa shape index (κ1) is 18.6. The van der Waals surface area contributed by atoms with Gasteiger partial charge in [0.05, 0.1) is 6.20 Å². The summed E-state index contributed by atoms with van der Waals surface area (Å²) in [6, 6.07) is 7.05. The summed E-state index contributed by atoms with van der Waals surface area (Å²) < 4.78 is 5.73. The van der Waals surface area contributed by atoms with Crippen molar-refractivity contribution >= 4 is 32.9 Å². The quantitative estimate of drug-likeness (QED) is 0.629. The van der Waals surface area contributed by atoms with E-state index in [1.165, 1.54) is 43.4 Å². The van der Waals surface area contributed by atoms with Crippen molar-refractivity contribution in [1.82, 2.24) is 15.0 Å². The molecule has 8 heteroatoms. The highest BCUT2D eigenvalue weighted by Gasteiger charge is 2.14. The van der Waals surface area contributed by atoms with Gasteiger partial charge in [-0.15, -0.1) is 0 Å². The number of thiazole rings is 1. The summed E-state index contributed by atoms with van der Waals surface area (Å²) in [7, 11) is 0. The Bertz CT molecular complexity index is 968. The predicted octanol–water partition coefficient (Wildman–Crippen LogP) is 3.76. The van der Waals surface area contributed by atoms with Crippen LogP contribution in [0, 0.1) is 5.92 Å². The third-order valence-corrected chi connectivity index (χ3v) is 5.86. The van der Waals surface area contributed by atoms with Crippen molar-refractivity contribution in [2.24, 2.45) is 11.7 Å². The third kappa shape index (κ3) is 4.56. The largest absolute Gasteiger partial charge is 0.472 e.